The third-order valence-electron chi connectivity index (χ3n) is 5.86. The van der Waals surface area contributed by atoms with Gasteiger partial charge in [-0.1, -0.05) is 19.1 Å². The molecule has 0 N–H and O–H groups in total. The quantitative estimate of drug-likeness (QED) is 0.403. The van der Waals surface area contributed by atoms with Crippen molar-refractivity contribution >= 4 is 21.4 Å². The highest BCUT2D eigenvalue weighted by atomic mass is 32.2. The molecule has 1 aromatic heterocycles. The smallest absolute Gasteiger partial charge is 0.306 e. The molecule has 0 saturated carbocycles. The minimum atomic E-state index is -4.55. The number of pyridine rings is 1. The molecule has 0 saturated heterocycles. The minimum absolute atomic E-state index is 0.0312. The molecule has 190 valence electrons. The summed E-state index contributed by atoms with van der Waals surface area (Å²) >= 11 is 0. The predicted octanol–water partition coefficient (Wildman–Crippen LogP) is 5.78. The van der Waals surface area contributed by atoms with Crippen molar-refractivity contribution in [1.82, 2.24) is 4.98 Å². The van der Waals surface area contributed by atoms with E-state index >= 15 is 0 Å². The number of nitrogens with zero attached hydrogens (tertiary/aromatic N) is 2. The van der Waals surface area contributed by atoms with Crippen LogP contribution in [0.3, 0.4) is 0 Å². The van der Waals surface area contributed by atoms with Crippen molar-refractivity contribution < 1.29 is 39.6 Å². The Hall–Kier alpha value is -3.41. The highest BCUT2D eigenvalue weighted by Gasteiger charge is 2.35. The van der Waals surface area contributed by atoms with Crippen LogP contribution in [0, 0.1) is 0 Å². The minimum Gasteiger partial charge on any atom is -0.306 e. The predicted molar refractivity (Wildman–Crippen MR) is 119 cm³/mol. The third kappa shape index (κ3) is 4.81. The fraction of sp³-hybridized carbons (Fsp3) is 0.250. The van der Waals surface area contributed by atoms with Gasteiger partial charge in [-0.25, -0.2) is 13.4 Å². The molecule has 12 heteroatoms. The van der Waals surface area contributed by atoms with E-state index in [2.05, 4.69) is 4.98 Å². The van der Waals surface area contributed by atoms with Crippen molar-refractivity contribution in [3.8, 4) is 11.1 Å². The van der Waals surface area contributed by atoms with Gasteiger partial charge in [0, 0.05) is 24.0 Å². The van der Waals surface area contributed by atoms with Crippen molar-refractivity contribution in [2.75, 3.05) is 17.2 Å². The van der Waals surface area contributed by atoms with Crippen LogP contribution in [0.2, 0.25) is 0 Å². The maximum absolute atomic E-state index is 13.3. The first-order valence-electron chi connectivity index (χ1n) is 10.6. The van der Waals surface area contributed by atoms with Gasteiger partial charge in [0.15, 0.2) is 9.84 Å². The molecule has 1 aliphatic rings. The van der Waals surface area contributed by atoms with Crippen LogP contribution in [0.4, 0.5) is 32.0 Å². The molecule has 5 nitrogen and oxygen atoms in total. The van der Waals surface area contributed by atoms with E-state index in [4.69, 9.17) is 0 Å². The highest BCUT2D eigenvalue weighted by molar-refractivity contribution is 7.91. The number of sulfone groups is 1. The van der Waals surface area contributed by atoms with Crippen LogP contribution in [0.15, 0.2) is 59.6 Å². The number of carbonyl (C=O) groups excluding carboxylic acids is 1. The fourth-order valence-electron chi connectivity index (χ4n) is 3.92. The molecule has 0 fully saturated rings. The number of hydrogen-bond donors (Lipinski definition) is 0. The van der Waals surface area contributed by atoms with Gasteiger partial charge in [-0.3, -0.25) is 4.79 Å². The summed E-state index contributed by atoms with van der Waals surface area (Å²) in [6.07, 6.45) is -7.78. The maximum Gasteiger partial charge on any atom is 0.416 e. The van der Waals surface area contributed by atoms with Crippen molar-refractivity contribution in [3.63, 3.8) is 0 Å². The van der Waals surface area contributed by atoms with Gasteiger partial charge < -0.3 is 4.90 Å². The second-order valence-electron chi connectivity index (χ2n) is 8.10. The lowest BCUT2D eigenvalue weighted by Gasteiger charge is -2.19. The van der Waals surface area contributed by atoms with E-state index in [1.807, 2.05) is 0 Å². The lowest BCUT2D eigenvalue weighted by molar-refractivity contribution is -0.138. The normalized spacial score (nSPS) is 14.1. The fourth-order valence-corrected chi connectivity index (χ4v) is 4.98. The van der Waals surface area contributed by atoms with Crippen LogP contribution in [-0.4, -0.2) is 31.6 Å². The average molecular weight is 528 g/mol. The number of halogens is 6. The molecule has 36 heavy (non-hydrogen) atoms. The lowest BCUT2D eigenvalue weighted by atomic mass is 10.0. The number of hydrogen-bond acceptors (Lipinski definition) is 4. The van der Waals surface area contributed by atoms with E-state index in [0.29, 0.717) is 5.56 Å². The van der Waals surface area contributed by atoms with Crippen molar-refractivity contribution in [2.45, 2.75) is 30.6 Å². The lowest BCUT2D eigenvalue weighted by Crippen LogP contribution is -2.31. The summed E-state index contributed by atoms with van der Waals surface area (Å²) in [5, 5.41) is 0. The van der Waals surface area contributed by atoms with E-state index in [1.54, 1.807) is 0 Å². The molecule has 0 spiro atoms. The number of carbonyl (C=O) groups is 1. The molecule has 2 aromatic carbocycles. The molecule has 3 aromatic rings. The summed E-state index contributed by atoms with van der Waals surface area (Å²) in [7, 11) is -4.01. The molecule has 1 aliphatic heterocycles. The molecule has 1 amide bonds. The van der Waals surface area contributed by atoms with E-state index in [1.165, 1.54) is 36.2 Å². The zero-order valence-electron chi connectivity index (χ0n) is 18.6. The summed E-state index contributed by atoms with van der Waals surface area (Å²) in [5.41, 5.74) is -1.20. The number of anilines is 1. The first kappa shape index (κ1) is 25.7. The van der Waals surface area contributed by atoms with Crippen molar-refractivity contribution in [2.24, 2.45) is 0 Å². The molecule has 0 bridgehead atoms. The van der Waals surface area contributed by atoms with Crippen LogP contribution in [0.5, 0.6) is 0 Å². The molecule has 2 heterocycles. The Balaban J connectivity index is 1.74. The van der Waals surface area contributed by atoms with Gasteiger partial charge in [-0.15, -0.1) is 0 Å². The highest BCUT2D eigenvalue weighted by Crippen LogP contribution is 2.37. The second-order valence-corrected chi connectivity index (χ2v) is 10.3. The Kier molecular flexibility index (Phi) is 6.36. The standard InChI is InChI=1S/C24H18F6N2O3S/c1-2-36(34,35)20-12-16(14-3-5-17(6-4-14)23(25,26)27)13-31-21(20)22(33)32-10-9-15-11-18(24(28,29)30)7-8-19(15)32/h3-8,11-13H,2,9-10H2,1H3. The topological polar surface area (TPSA) is 67.3 Å². The van der Waals surface area contributed by atoms with Crippen LogP contribution in [-0.2, 0) is 28.6 Å². The van der Waals surface area contributed by atoms with Crippen molar-refractivity contribution in [3.05, 3.63) is 77.1 Å². The molecule has 0 unspecified atom stereocenters. The van der Waals surface area contributed by atoms with Gasteiger partial charge in [0.1, 0.15) is 5.69 Å². The van der Waals surface area contributed by atoms with E-state index in [-0.39, 0.29) is 35.5 Å². The van der Waals surface area contributed by atoms with E-state index in [9.17, 15) is 39.6 Å². The van der Waals surface area contributed by atoms with Crippen molar-refractivity contribution in [1.29, 1.82) is 0 Å². The number of amides is 1. The Bertz CT molecular complexity index is 1430. The van der Waals surface area contributed by atoms with E-state index < -0.39 is 49.8 Å². The molecule has 0 radical (unpaired) electrons. The molecule has 4 rings (SSSR count). The van der Waals surface area contributed by atoms with Crippen LogP contribution >= 0.6 is 0 Å². The zero-order chi connectivity index (χ0) is 26.5. The van der Waals surface area contributed by atoms with Gasteiger partial charge >= 0.3 is 12.4 Å². The Morgan fingerprint density at radius 1 is 0.917 bits per heavy atom. The summed E-state index contributed by atoms with van der Waals surface area (Å²) in [6.45, 7) is 1.39. The number of rotatable bonds is 4. The van der Waals surface area contributed by atoms with Gasteiger partial charge in [0.05, 0.1) is 21.8 Å². The van der Waals surface area contributed by atoms with Crippen LogP contribution in [0.1, 0.15) is 34.1 Å². The van der Waals surface area contributed by atoms with Gasteiger partial charge in [-0.05, 0) is 53.9 Å². The first-order valence-corrected chi connectivity index (χ1v) is 12.3. The Labute approximate surface area is 202 Å². The summed E-state index contributed by atoms with van der Waals surface area (Å²) in [5.74, 6) is -1.18. The third-order valence-corrected chi connectivity index (χ3v) is 7.60. The monoisotopic (exact) mass is 528 g/mol. The second kappa shape index (κ2) is 8.91. The Morgan fingerprint density at radius 3 is 2.11 bits per heavy atom. The largest absolute Gasteiger partial charge is 0.416 e. The molecular weight excluding hydrogens is 510 g/mol. The number of benzene rings is 2. The van der Waals surface area contributed by atoms with Crippen LogP contribution in [0.25, 0.3) is 11.1 Å². The molecular formula is C24H18F6N2O3S. The summed E-state index contributed by atoms with van der Waals surface area (Å²) in [4.78, 5) is 18.1. The average Bonchev–Trinajstić information content (AvgIpc) is 3.25. The van der Waals surface area contributed by atoms with Gasteiger partial charge in [0.25, 0.3) is 5.91 Å². The number of aromatic nitrogens is 1. The van der Waals surface area contributed by atoms with Gasteiger partial charge in [-0.2, -0.15) is 26.3 Å². The number of alkyl halides is 6. The SMILES string of the molecule is CCS(=O)(=O)c1cc(-c2ccc(C(F)(F)F)cc2)cnc1C(=O)N1CCc2cc(C(F)(F)F)ccc21. The summed E-state index contributed by atoms with van der Waals surface area (Å²) < 4.78 is 103. The zero-order valence-corrected chi connectivity index (χ0v) is 19.4. The molecule has 0 atom stereocenters. The van der Waals surface area contributed by atoms with Crippen LogP contribution < -0.4 is 4.90 Å². The summed E-state index contributed by atoms with van der Waals surface area (Å²) in [6, 6.07) is 8.15. The number of fused-ring (bicyclic) bond motifs is 1. The first-order chi connectivity index (χ1) is 16.7. The maximum atomic E-state index is 13.3. The molecule has 0 aliphatic carbocycles. The Morgan fingerprint density at radius 2 is 1.53 bits per heavy atom. The van der Waals surface area contributed by atoms with Gasteiger partial charge in [0.2, 0.25) is 0 Å². The van der Waals surface area contributed by atoms with E-state index in [0.717, 1.165) is 30.3 Å².